The van der Waals surface area contributed by atoms with E-state index in [1.165, 1.54) is 11.1 Å². The van der Waals surface area contributed by atoms with E-state index in [1.54, 1.807) is 18.7 Å². The Balaban J connectivity index is 1.50. The fourth-order valence-electron chi connectivity index (χ4n) is 3.94. The van der Waals surface area contributed by atoms with Crippen LogP contribution in [0.4, 0.5) is 0 Å². The fraction of sp³-hybridized carbons (Fsp3) is 0.136. The molecule has 5 heterocycles. The molecule has 0 fully saturated rings. The summed E-state index contributed by atoms with van der Waals surface area (Å²) in [6.45, 7) is 1.93. The normalized spacial score (nSPS) is 14.6. The molecule has 0 atom stereocenters. The quantitative estimate of drug-likeness (QED) is 0.436. The molecule has 7 heteroatoms. The van der Waals surface area contributed by atoms with Crippen molar-refractivity contribution in [3.8, 4) is 22.8 Å². The number of H-pyrrole nitrogens is 2. The Morgan fingerprint density at radius 3 is 2.86 bits per heavy atom. The van der Waals surface area contributed by atoms with E-state index in [4.69, 9.17) is 9.40 Å². The predicted octanol–water partition coefficient (Wildman–Crippen LogP) is 4.14. The minimum absolute atomic E-state index is 0.723. The highest BCUT2D eigenvalue weighted by molar-refractivity contribution is 5.97. The Kier molecular flexibility index (Phi) is 3.60. The first-order valence-electron chi connectivity index (χ1n) is 9.63. The van der Waals surface area contributed by atoms with E-state index in [0.29, 0.717) is 0 Å². The van der Waals surface area contributed by atoms with Gasteiger partial charge >= 0.3 is 0 Å². The van der Waals surface area contributed by atoms with Crippen LogP contribution >= 0.6 is 0 Å². The third kappa shape index (κ3) is 2.67. The summed E-state index contributed by atoms with van der Waals surface area (Å²) in [5.41, 5.74) is 7.82. The van der Waals surface area contributed by atoms with Crippen LogP contribution in [0.2, 0.25) is 0 Å². The van der Waals surface area contributed by atoms with E-state index in [-0.39, 0.29) is 0 Å². The van der Waals surface area contributed by atoms with Crippen LogP contribution in [-0.2, 0) is 0 Å². The monoisotopic (exact) mass is 382 g/mol. The third-order valence-electron chi connectivity index (χ3n) is 5.42. The van der Waals surface area contributed by atoms with Gasteiger partial charge in [0, 0.05) is 23.7 Å². The molecule has 29 heavy (non-hydrogen) atoms. The minimum atomic E-state index is 0.723. The Morgan fingerprint density at radius 1 is 1.00 bits per heavy atom. The number of hydrogen-bond acceptors (Lipinski definition) is 5. The zero-order valence-electron chi connectivity index (χ0n) is 15.6. The molecule has 5 aromatic rings. The molecule has 1 aromatic carbocycles. The molecule has 0 radical (unpaired) electrons. The maximum atomic E-state index is 5.22. The van der Waals surface area contributed by atoms with Gasteiger partial charge in [-0.3, -0.25) is 10.1 Å². The predicted molar refractivity (Wildman–Crippen MR) is 112 cm³/mol. The Hall–Kier alpha value is -3.71. The number of aromatic amines is 2. The van der Waals surface area contributed by atoms with Crippen LogP contribution < -0.4 is 5.32 Å². The summed E-state index contributed by atoms with van der Waals surface area (Å²) >= 11 is 0. The van der Waals surface area contributed by atoms with Crippen LogP contribution in [0.3, 0.4) is 0 Å². The van der Waals surface area contributed by atoms with E-state index in [9.17, 15) is 0 Å². The first-order chi connectivity index (χ1) is 14.4. The van der Waals surface area contributed by atoms with Gasteiger partial charge in [-0.2, -0.15) is 5.10 Å². The molecule has 1 aliphatic rings. The van der Waals surface area contributed by atoms with Gasteiger partial charge in [0.1, 0.15) is 16.9 Å². The van der Waals surface area contributed by atoms with Crippen LogP contribution in [-0.4, -0.2) is 38.2 Å². The van der Waals surface area contributed by atoms with E-state index in [2.05, 4.69) is 49.8 Å². The molecule has 0 unspecified atom stereocenters. The SMILES string of the molecule is C1=C(c2ccc3[nH]nc(-c4nc5c(-c6ccoc6)nccc5[nH]4)c3c2)CCNC1. The lowest BCUT2D eigenvalue weighted by atomic mass is 9.98. The summed E-state index contributed by atoms with van der Waals surface area (Å²) in [6, 6.07) is 10.3. The van der Waals surface area contributed by atoms with Gasteiger partial charge in [-0.25, -0.2) is 4.98 Å². The largest absolute Gasteiger partial charge is 0.472 e. The van der Waals surface area contributed by atoms with Crippen molar-refractivity contribution in [3.05, 3.63) is 60.7 Å². The number of benzene rings is 1. The van der Waals surface area contributed by atoms with Crippen molar-refractivity contribution in [2.45, 2.75) is 6.42 Å². The molecule has 0 aliphatic carbocycles. The van der Waals surface area contributed by atoms with Gasteiger partial charge in [0.15, 0.2) is 5.82 Å². The van der Waals surface area contributed by atoms with Gasteiger partial charge in [0.05, 0.1) is 23.6 Å². The van der Waals surface area contributed by atoms with Gasteiger partial charge in [-0.15, -0.1) is 0 Å². The number of hydrogen-bond donors (Lipinski definition) is 3. The van der Waals surface area contributed by atoms with Crippen LogP contribution in [0.5, 0.6) is 0 Å². The standard InChI is InChI=1S/C22H18N6O/c1-2-17-16(11-14(1)13-3-7-23-8-4-13)20(28-27-17)22-25-18-5-9-24-19(21(18)26-22)15-6-10-29-12-15/h1-3,5-6,9-12,23H,4,7-8H2,(H,25,26)(H,27,28). The number of imidazole rings is 1. The highest BCUT2D eigenvalue weighted by Gasteiger charge is 2.17. The van der Waals surface area contributed by atoms with Crippen molar-refractivity contribution < 1.29 is 4.42 Å². The Bertz CT molecular complexity index is 1360. The van der Waals surface area contributed by atoms with E-state index in [1.807, 2.05) is 12.1 Å². The lowest BCUT2D eigenvalue weighted by Gasteiger charge is -2.14. The minimum Gasteiger partial charge on any atom is -0.472 e. The summed E-state index contributed by atoms with van der Waals surface area (Å²) < 4.78 is 5.22. The van der Waals surface area contributed by atoms with Gasteiger partial charge < -0.3 is 14.7 Å². The first-order valence-corrected chi connectivity index (χ1v) is 9.63. The van der Waals surface area contributed by atoms with Crippen LogP contribution in [0.25, 0.3) is 50.3 Å². The van der Waals surface area contributed by atoms with Crippen LogP contribution in [0.15, 0.2) is 59.5 Å². The van der Waals surface area contributed by atoms with Gasteiger partial charge in [-0.1, -0.05) is 12.1 Å². The first kappa shape index (κ1) is 16.3. The zero-order chi connectivity index (χ0) is 19.2. The van der Waals surface area contributed by atoms with Crippen LogP contribution in [0.1, 0.15) is 12.0 Å². The molecule has 1 aliphatic heterocycles. The zero-order valence-corrected chi connectivity index (χ0v) is 15.6. The molecular weight excluding hydrogens is 364 g/mol. The molecule has 7 nitrogen and oxygen atoms in total. The molecule has 3 N–H and O–H groups in total. The summed E-state index contributed by atoms with van der Waals surface area (Å²) in [7, 11) is 0. The van der Waals surface area contributed by atoms with Gasteiger partial charge in [0.25, 0.3) is 0 Å². The number of aromatic nitrogens is 5. The third-order valence-corrected chi connectivity index (χ3v) is 5.42. The number of pyridine rings is 1. The molecule has 0 saturated carbocycles. The van der Waals surface area contributed by atoms with E-state index >= 15 is 0 Å². The van der Waals surface area contributed by atoms with Crippen molar-refractivity contribution in [2.24, 2.45) is 0 Å². The highest BCUT2D eigenvalue weighted by atomic mass is 16.3. The van der Waals surface area contributed by atoms with Crippen molar-refractivity contribution in [2.75, 3.05) is 13.1 Å². The number of rotatable bonds is 3. The highest BCUT2D eigenvalue weighted by Crippen LogP contribution is 2.32. The second-order valence-corrected chi connectivity index (χ2v) is 7.17. The lowest BCUT2D eigenvalue weighted by molar-refractivity contribution is 0.568. The molecule has 0 amide bonds. The Labute approximate surface area is 165 Å². The molecule has 4 aromatic heterocycles. The second kappa shape index (κ2) is 6.42. The maximum Gasteiger partial charge on any atom is 0.159 e. The summed E-state index contributed by atoms with van der Waals surface area (Å²) in [6.07, 6.45) is 8.38. The molecule has 0 saturated heterocycles. The molecule has 0 bridgehead atoms. The van der Waals surface area contributed by atoms with Crippen molar-refractivity contribution in [1.29, 1.82) is 0 Å². The van der Waals surface area contributed by atoms with E-state index in [0.717, 1.165) is 64.2 Å². The van der Waals surface area contributed by atoms with Crippen LogP contribution in [0, 0.1) is 0 Å². The smallest absolute Gasteiger partial charge is 0.159 e. The summed E-state index contributed by atoms with van der Waals surface area (Å²) in [5.74, 6) is 0.723. The second-order valence-electron chi connectivity index (χ2n) is 7.17. The number of furan rings is 1. The van der Waals surface area contributed by atoms with Crippen molar-refractivity contribution in [3.63, 3.8) is 0 Å². The van der Waals surface area contributed by atoms with Crippen molar-refractivity contribution in [1.82, 2.24) is 30.5 Å². The summed E-state index contributed by atoms with van der Waals surface area (Å²) in [4.78, 5) is 12.7. The molecular formula is C22H18N6O. The van der Waals surface area contributed by atoms with E-state index < -0.39 is 0 Å². The average Bonchev–Trinajstić information content (AvgIpc) is 3.52. The summed E-state index contributed by atoms with van der Waals surface area (Å²) in [5, 5.41) is 12.1. The van der Waals surface area contributed by atoms with Gasteiger partial charge in [0.2, 0.25) is 0 Å². The molecule has 6 rings (SSSR count). The van der Waals surface area contributed by atoms with Gasteiger partial charge in [-0.05, 0) is 48.4 Å². The molecule has 142 valence electrons. The topological polar surface area (TPSA) is 95.4 Å². The molecule has 0 spiro atoms. The number of nitrogens with one attached hydrogen (secondary N) is 3. The average molecular weight is 382 g/mol. The van der Waals surface area contributed by atoms with Crippen molar-refractivity contribution >= 4 is 27.5 Å². The number of fused-ring (bicyclic) bond motifs is 2. The Morgan fingerprint density at radius 2 is 2.00 bits per heavy atom. The number of nitrogens with zero attached hydrogens (tertiary/aromatic N) is 3. The fourth-order valence-corrected chi connectivity index (χ4v) is 3.94. The lowest BCUT2D eigenvalue weighted by Crippen LogP contribution is -2.19. The maximum absolute atomic E-state index is 5.22.